The van der Waals surface area contributed by atoms with E-state index in [9.17, 15) is 4.79 Å². The molecule has 0 fully saturated rings. The van der Waals surface area contributed by atoms with Crippen molar-refractivity contribution in [3.63, 3.8) is 0 Å². The quantitative estimate of drug-likeness (QED) is 0.644. The van der Waals surface area contributed by atoms with Crippen LogP contribution in [0.1, 0.15) is 19.8 Å². The van der Waals surface area contributed by atoms with Gasteiger partial charge in [-0.1, -0.05) is 12.2 Å². The Balaban J connectivity index is 2.68. The maximum absolute atomic E-state index is 11.3. The third-order valence-corrected chi connectivity index (χ3v) is 1.83. The van der Waals surface area contributed by atoms with Gasteiger partial charge in [-0.3, -0.25) is 4.79 Å². The van der Waals surface area contributed by atoms with Crippen molar-refractivity contribution in [2.75, 3.05) is 13.1 Å². The van der Waals surface area contributed by atoms with Crippen molar-refractivity contribution in [2.24, 2.45) is 10.8 Å². The summed E-state index contributed by atoms with van der Waals surface area (Å²) in [6.45, 7) is 6.55. The predicted octanol–water partition coefficient (Wildman–Crippen LogP) is 0.500. The second-order valence-corrected chi connectivity index (χ2v) is 3.28. The maximum Gasteiger partial charge on any atom is 0.243 e. The number of amides is 1. The molecule has 13 heavy (non-hydrogen) atoms. The number of nitrogens with two attached hydrogens (primary N) is 1. The van der Waals surface area contributed by atoms with Gasteiger partial charge in [-0.15, -0.1) is 0 Å². The Kier molecular flexibility index (Phi) is 3.19. The van der Waals surface area contributed by atoms with Crippen molar-refractivity contribution >= 4 is 11.6 Å². The largest absolute Gasteiger partial charge is 0.325 e. The number of nitrogens with zero attached hydrogens (tertiary/aromatic N) is 2. The molecule has 1 rings (SSSR count). The monoisotopic (exact) mass is 181 g/mol. The fourth-order valence-electron chi connectivity index (χ4n) is 1.18. The summed E-state index contributed by atoms with van der Waals surface area (Å²) in [5.41, 5.74) is 7.27. The van der Waals surface area contributed by atoms with Crippen LogP contribution in [-0.4, -0.2) is 29.7 Å². The molecule has 0 aliphatic carbocycles. The first kappa shape index (κ1) is 9.92. The molecule has 0 aromatic heterocycles. The number of rotatable bonds is 3. The van der Waals surface area contributed by atoms with E-state index in [1.807, 2.05) is 6.92 Å². The van der Waals surface area contributed by atoms with Crippen LogP contribution in [0.4, 0.5) is 0 Å². The summed E-state index contributed by atoms with van der Waals surface area (Å²) in [5.74, 6) is 0.0557. The van der Waals surface area contributed by atoms with E-state index in [0.29, 0.717) is 25.9 Å². The molecule has 4 heteroatoms. The molecule has 0 radical (unpaired) electrons. The minimum atomic E-state index is 0.0557. The molecule has 0 aromatic rings. The van der Waals surface area contributed by atoms with Gasteiger partial charge in [0.25, 0.3) is 0 Å². The lowest BCUT2D eigenvalue weighted by atomic mass is 10.1. The molecule has 1 heterocycles. The minimum absolute atomic E-state index is 0.0557. The second kappa shape index (κ2) is 4.18. The summed E-state index contributed by atoms with van der Waals surface area (Å²) >= 11 is 0. The van der Waals surface area contributed by atoms with Gasteiger partial charge < -0.3 is 5.73 Å². The normalized spacial score (nSPS) is 17.2. The van der Waals surface area contributed by atoms with E-state index in [1.165, 1.54) is 5.01 Å². The first-order valence-electron chi connectivity index (χ1n) is 4.34. The van der Waals surface area contributed by atoms with Crippen molar-refractivity contribution in [3.8, 4) is 0 Å². The van der Waals surface area contributed by atoms with Crippen molar-refractivity contribution < 1.29 is 4.79 Å². The number of hydrogen-bond donors (Lipinski definition) is 1. The Morgan fingerprint density at radius 2 is 2.38 bits per heavy atom. The molecular formula is C9H15N3O. The maximum atomic E-state index is 11.3. The number of hydrogen-bond acceptors (Lipinski definition) is 3. The summed E-state index contributed by atoms with van der Waals surface area (Å²) < 4.78 is 0. The van der Waals surface area contributed by atoms with Crippen LogP contribution in [0.25, 0.3) is 0 Å². The Hall–Kier alpha value is -1.16. The highest BCUT2D eigenvalue weighted by Crippen LogP contribution is 2.09. The summed E-state index contributed by atoms with van der Waals surface area (Å²) in [7, 11) is 0. The topological polar surface area (TPSA) is 58.7 Å². The van der Waals surface area contributed by atoms with Crippen LogP contribution < -0.4 is 5.73 Å². The molecule has 2 N–H and O–H groups in total. The van der Waals surface area contributed by atoms with Crippen molar-refractivity contribution in [1.29, 1.82) is 0 Å². The molecule has 0 atom stereocenters. The van der Waals surface area contributed by atoms with E-state index in [0.717, 1.165) is 11.3 Å². The van der Waals surface area contributed by atoms with E-state index in [4.69, 9.17) is 5.73 Å². The lowest BCUT2D eigenvalue weighted by molar-refractivity contribution is -0.131. The molecule has 0 spiro atoms. The molecule has 1 amide bonds. The van der Waals surface area contributed by atoms with Crippen LogP contribution in [0.3, 0.4) is 0 Å². The van der Waals surface area contributed by atoms with Crippen LogP contribution in [0, 0.1) is 0 Å². The summed E-state index contributed by atoms with van der Waals surface area (Å²) in [6, 6.07) is 0. The van der Waals surface area contributed by atoms with Gasteiger partial charge in [-0.2, -0.15) is 5.10 Å². The molecule has 1 aliphatic rings. The highest BCUT2D eigenvalue weighted by molar-refractivity contribution is 5.93. The van der Waals surface area contributed by atoms with E-state index in [2.05, 4.69) is 11.7 Å². The molecule has 0 saturated heterocycles. The van der Waals surface area contributed by atoms with Crippen molar-refractivity contribution in [3.05, 3.63) is 12.2 Å². The van der Waals surface area contributed by atoms with Crippen LogP contribution >= 0.6 is 0 Å². The highest BCUT2D eigenvalue weighted by atomic mass is 16.2. The zero-order valence-electron chi connectivity index (χ0n) is 7.92. The van der Waals surface area contributed by atoms with Crippen LogP contribution in [0.5, 0.6) is 0 Å². The van der Waals surface area contributed by atoms with Gasteiger partial charge in [-0.05, 0) is 13.3 Å². The van der Waals surface area contributed by atoms with Gasteiger partial charge in [-0.25, -0.2) is 5.01 Å². The summed E-state index contributed by atoms with van der Waals surface area (Å²) in [6.07, 6.45) is 1.21. The lowest BCUT2D eigenvalue weighted by Gasteiger charge is -2.22. The Labute approximate surface area is 78.1 Å². The third-order valence-electron chi connectivity index (χ3n) is 1.83. The fourth-order valence-corrected chi connectivity index (χ4v) is 1.18. The number of carbonyl (C=O) groups excluding carboxylic acids is 1. The van der Waals surface area contributed by atoms with Crippen molar-refractivity contribution in [2.45, 2.75) is 19.8 Å². The Morgan fingerprint density at radius 3 is 2.92 bits per heavy atom. The molecule has 0 bridgehead atoms. The Bertz CT molecular complexity index is 258. The molecule has 0 saturated carbocycles. The Morgan fingerprint density at radius 1 is 1.69 bits per heavy atom. The average Bonchev–Trinajstić information content (AvgIpc) is 2.08. The van der Waals surface area contributed by atoms with Gasteiger partial charge in [0.1, 0.15) is 0 Å². The van der Waals surface area contributed by atoms with E-state index in [1.54, 1.807) is 0 Å². The van der Waals surface area contributed by atoms with E-state index < -0.39 is 0 Å². The van der Waals surface area contributed by atoms with Crippen LogP contribution in [-0.2, 0) is 4.79 Å². The van der Waals surface area contributed by atoms with E-state index in [-0.39, 0.29) is 5.91 Å². The standard InChI is InChI=1S/C9H15N3O/c1-7(2)6-12-9(13)4-3-8(5-10)11-12/h1,3-6,10H2,2H3. The lowest BCUT2D eigenvalue weighted by Crippen LogP contribution is -2.34. The summed E-state index contributed by atoms with van der Waals surface area (Å²) in [5, 5.41) is 5.59. The van der Waals surface area contributed by atoms with Gasteiger partial charge in [0, 0.05) is 13.0 Å². The number of hydrazone groups is 1. The van der Waals surface area contributed by atoms with E-state index >= 15 is 0 Å². The van der Waals surface area contributed by atoms with Gasteiger partial charge in [0.2, 0.25) is 5.91 Å². The fraction of sp³-hybridized carbons (Fsp3) is 0.556. The van der Waals surface area contributed by atoms with Gasteiger partial charge in [0.05, 0.1) is 12.3 Å². The average molecular weight is 181 g/mol. The molecule has 72 valence electrons. The zero-order valence-corrected chi connectivity index (χ0v) is 7.92. The minimum Gasteiger partial charge on any atom is -0.325 e. The molecule has 0 unspecified atom stereocenters. The van der Waals surface area contributed by atoms with Crippen molar-refractivity contribution in [1.82, 2.24) is 5.01 Å². The molecular weight excluding hydrogens is 166 g/mol. The van der Waals surface area contributed by atoms with Gasteiger partial charge in [0.15, 0.2) is 0 Å². The summed E-state index contributed by atoms with van der Waals surface area (Å²) in [4.78, 5) is 11.3. The second-order valence-electron chi connectivity index (χ2n) is 3.28. The molecule has 1 aliphatic heterocycles. The third kappa shape index (κ3) is 2.66. The molecule has 4 nitrogen and oxygen atoms in total. The SMILES string of the molecule is C=C(C)CN1N=C(CN)CCC1=O. The van der Waals surface area contributed by atoms with Gasteiger partial charge >= 0.3 is 0 Å². The van der Waals surface area contributed by atoms with Crippen LogP contribution in [0.15, 0.2) is 17.3 Å². The predicted molar refractivity (Wildman–Crippen MR) is 52.3 cm³/mol. The first-order valence-corrected chi connectivity index (χ1v) is 4.34. The smallest absolute Gasteiger partial charge is 0.243 e. The van der Waals surface area contributed by atoms with Crippen LogP contribution in [0.2, 0.25) is 0 Å². The number of carbonyl (C=O) groups is 1. The highest BCUT2D eigenvalue weighted by Gasteiger charge is 2.18. The zero-order chi connectivity index (χ0) is 9.84. The first-order chi connectivity index (χ1) is 6.13. The molecule has 0 aromatic carbocycles.